The van der Waals surface area contributed by atoms with E-state index in [0.717, 1.165) is 26.1 Å². The first kappa shape index (κ1) is 19.5. The van der Waals surface area contributed by atoms with Gasteiger partial charge in [-0.1, -0.05) is 35.4 Å². The second kappa shape index (κ2) is 9.05. The number of benzene rings is 2. The minimum Gasteiger partial charge on any atom is -0.383 e. The summed E-state index contributed by atoms with van der Waals surface area (Å²) in [7, 11) is 0. The summed E-state index contributed by atoms with van der Waals surface area (Å²) in [6.45, 7) is 16.2. The van der Waals surface area contributed by atoms with E-state index in [1.807, 2.05) is 0 Å². The molecule has 0 saturated heterocycles. The summed E-state index contributed by atoms with van der Waals surface area (Å²) < 4.78 is 0. The normalized spacial score (nSPS) is 11.0. The molecule has 2 N–H and O–H groups in total. The molecule has 0 aliphatic heterocycles. The molecule has 0 bridgehead atoms. The first-order valence-electron chi connectivity index (χ1n) is 9.47. The van der Waals surface area contributed by atoms with Crippen LogP contribution in [-0.4, -0.2) is 19.6 Å². The van der Waals surface area contributed by atoms with Gasteiger partial charge in [0, 0.05) is 18.8 Å². The summed E-state index contributed by atoms with van der Waals surface area (Å²) in [5, 5.41) is 7.14. The van der Waals surface area contributed by atoms with E-state index in [9.17, 15) is 0 Å². The van der Waals surface area contributed by atoms with Gasteiger partial charge in [0.05, 0.1) is 0 Å². The second-order valence-corrected chi connectivity index (χ2v) is 7.43. The highest BCUT2D eigenvalue weighted by Crippen LogP contribution is 2.21. The van der Waals surface area contributed by atoms with Crippen LogP contribution in [0.2, 0.25) is 0 Å². The molecule has 25 heavy (non-hydrogen) atoms. The number of anilines is 1. The third-order valence-electron chi connectivity index (χ3n) is 4.90. The molecule has 2 heteroatoms. The van der Waals surface area contributed by atoms with Gasteiger partial charge in [0.25, 0.3) is 0 Å². The van der Waals surface area contributed by atoms with E-state index in [1.54, 1.807) is 0 Å². The SMILES string of the molecule is Cc1cc(C)c(CCCNCCNc2c(C)cc(C)cc2C)c(C)c1. The van der Waals surface area contributed by atoms with Gasteiger partial charge in [0.2, 0.25) is 0 Å². The van der Waals surface area contributed by atoms with E-state index < -0.39 is 0 Å². The van der Waals surface area contributed by atoms with Crippen molar-refractivity contribution in [2.45, 2.75) is 54.4 Å². The molecule has 0 unspecified atom stereocenters. The van der Waals surface area contributed by atoms with Crippen LogP contribution in [0.25, 0.3) is 0 Å². The zero-order valence-corrected chi connectivity index (χ0v) is 16.8. The Labute approximate surface area is 154 Å². The molecule has 0 aliphatic rings. The van der Waals surface area contributed by atoms with E-state index in [-0.39, 0.29) is 0 Å². The van der Waals surface area contributed by atoms with Crippen LogP contribution in [0.4, 0.5) is 5.69 Å². The number of hydrogen-bond donors (Lipinski definition) is 2. The lowest BCUT2D eigenvalue weighted by Gasteiger charge is -2.14. The minimum absolute atomic E-state index is 0.966. The highest BCUT2D eigenvalue weighted by Gasteiger charge is 2.04. The summed E-state index contributed by atoms with van der Waals surface area (Å²) in [5.41, 5.74) is 11.1. The fraction of sp³-hybridized carbons (Fsp3) is 0.478. The number of nitrogens with one attached hydrogen (secondary N) is 2. The molecule has 0 atom stereocenters. The summed E-state index contributed by atoms with van der Waals surface area (Å²) in [5.74, 6) is 0. The molecule has 0 aliphatic carbocycles. The zero-order valence-electron chi connectivity index (χ0n) is 16.8. The predicted molar refractivity (Wildman–Crippen MR) is 111 cm³/mol. The van der Waals surface area contributed by atoms with Crippen LogP contribution in [0.1, 0.15) is 45.4 Å². The highest BCUT2D eigenvalue weighted by molar-refractivity contribution is 5.58. The van der Waals surface area contributed by atoms with Gasteiger partial charge in [0.15, 0.2) is 0 Å². The van der Waals surface area contributed by atoms with Crippen molar-refractivity contribution >= 4 is 5.69 Å². The molecular formula is C23H34N2. The summed E-state index contributed by atoms with van der Waals surface area (Å²) >= 11 is 0. The van der Waals surface area contributed by atoms with Gasteiger partial charge in [-0.2, -0.15) is 0 Å². The fourth-order valence-corrected chi connectivity index (χ4v) is 3.85. The zero-order chi connectivity index (χ0) is 18.4. The Balaban J connectivity index is 1.69. The molecule has 2 rings (SSSR count). The maximum absolute atomic E-state index is 3.58. The Kier molecular flexibility index (Phi) is 7.07. The van der Waals surface area contributed by atoms with Crippen molar-refractivity contribution in [1.82, 2.24) is 5.32 Å². The van der Waals surface area contributed by atoms with Crippen molar-refractivity contribution in [3.63, 3.8) is 0 Å². The van der Waals surface area contributed by atoms with Gasteiger partial charge >= 0.3 is 0 Å². The molecule has 0 aromatic heterocycles. The van der Waals surface area contributed by atoms with Gasteiger partial charge in [-0.05, 0) is 88.7 Å². The van der Waals surface area contributed by atoms with Gasteiger partial charge in [-0.3, -0.25) is 0 Å². The van der Waals surface area contributed by atoms with Crippen LogP contribution in [-0.2, 0) is 6.42 Å². The van der Waals surface area contributed by atoms with Crippen LogP contribution in [0.3, 0.4) is 0 Å². The van der Waals surface area contributed by atoms with Crippen LogP contribution in [0.15, 0.2) is 24.3 Å². The van der Waals surface area contributed by atoms with Gasteiger partial charge in [-0.15, -0.1) is 0 Å². The third kappa shape index (κ3) is 5.61. The maximum Gasteiger partial charge on any atom is 0.0400 e. The van der Waals surface area contributed by atoms with Gasteiger partial charge in [-0.25, -0.2) is 0 Å². The topological polar surface area (TPSA) is 24.1 Å². The molecule has 136 valence electrons. The lowest BCUT2D eigenvalue weighted by atomic mass is 9.96. The van der Waals surface area contributed by atoms with Gasteiger partial charge < -0.3 is 10.6 Å². The average Bonchev–Trinajstić information content (AvgIpc) is 2.50. The highest BCUT2D eigenvalue weighted by atomic mass is 14.9. The molecular weight excluding hydrogens is 304 g/mol. The largest absolute Gasteiger partial charge is 0.383 e. The van der Waals surface area contributed by atoms with Crippen molar-refractivity contribution in [2.75, 3.05) is 25.0 Å². The van der Waals surface area contributed by atoms with E-state index in [2.05, 4.69) is 76.4 Å². The van der Waals surface area contributed by atoms with Crippen molar-refractivity contribution in [3.8, 4) is 0 Å². The molecule has 2 nitrogen and oxygen atoms in total. The number of aryl methyl sites for hydroxylation is 6. The lowest BCUT2D eigenvalue weighted by Crippen LogP contribution is -2.24. The Bertz CT molecular complexity index is 609. The first-order chi connectivity index (χ1) is 11.9. The molecule has 0 fully saturated rings. The first-order valence-corrected chi connectivity index (χ1v) is 9.47. The molecule has 2 aromatic carbocycles. The monoisotopic (exact) mass is 338 g/mol. The van der Waals surface area contributed by atoms with Gasteiger partial charge in [0.1, 0.15) is 0 Å². The quantitative estimate of drug-likeness (QED) is 0.649. The van der Waals surface area contributed by atoms with Crippen molar-refractivity contribution in [1.29, 1.82) is 0 Å². The smallest absolute Gasteiger partial charge is 0.0400 e. The molecule has 0 amide bonds. The van der Waals surface area contributed by atoms with Crippen LogP contribution in [0.5, 0.6) is 0 Å². The summed E-state index contributed by atoms with van der Waals surface area (Å²) in [6, 6.07) is 9.09. The Morgan fingerprint density at radius 1 is 0.640 bits per heavy atom. The lowest BCUT2D eigenvalue weighted by molar-refractivity contribution is 0.658. The Morgan fingerprint density at radius 3 is 1.72 bits per heavy atom. The predicted octanol–water partition coefficient (Wildman–Crippen LogP) is 5.17. The molecule has 2 aromatic rings. The fourth-order valence-electron chi connectivity index (χ4n) is 3.85. The number of rotatable bonds is 8. The van der Waals surface area contributed by atoms with E-state index in [4.69, 9.17) is 0 Å². The average molecular weight is 339 g/mol. The number of hydrogen-bond acceptors (Lipinski definition) is 2. The molecule has 0 heterocycles. The Hall–Kier alpha value is -1.80. The maximum atomic E-state index is 3.58. The summed E-state index contributed by atoms with van der Waals surface area (Å²) in [6.07, 6.45) is 2.35. The minimum atomic E-state index is 0.966. The van der Waals surface area contributed by atoms with Crippen LogP contribution < -0.4 is 10.6 Å². The van der Waals surface area contributed by atoms with E-state index in [0.29, 0.717) is 0 Å². The Morgan fingerprint density at radius 2 is 1.16 bits per heavy atom. The summed E-state index contributed by atoms with van der Waals surface area (Å²) in [4.78, 5) is 0. The molecule has 0 radical (unpaired) electrons. The van der Waals surface area contributed by atoms with E-state index >= 15 is 0 Å². The molecule has 0 saturated carbocycles. The molecule has 0 spiro atoms. The van der Waals surface area contributed by atoms with E-state index in [1.165, 1.54) is 51.1 Å². The standard InChI is InChI=1S/C23H34N2/c1-16-12-18(3)22(19(4)13-16)8-7-9-24-10-11-25-23-20(5)14-17(2)15-21(23)6/h12-15,24-25H,7-11H2,1-6H3. The van der Waals surface area contributed by atoms with Crippen molar-refractivity contribution in [2.24, 2.45) is 0 Å². The van der Waals surface area contributed by atoms with Crippen molar-refractivity contribution in [3.05, 3.63) is 63.2 Å². The second-order valence-electron chi connectivity index (χ2n) is 7.43. The third-order valence-corrected chi connectivity index (χ3v) is 4.90. The van der Waals surface area contributed by atoms with Crippen molar-refractivity contribution < 1.29 is 0 Å². The van der Waals surface area contributed by atoms with Crippen LogP contribution >= 0.6 is 0 Å². The van der Waals surface area contributed by atoms with Crippen LogP contribution in [0, 0.1) is 41.5 Å².